The summed E-state index contributed by atoms with van der Waals surface area (Å²) >= 11 is 0. The van der Waals surface area contributed by atoms with Gasteiger partial charge in [0.05, 0.1) is 6.10 Å². The van der Waals surface area contributed by atoms with Crippen LogP contribution in [-0.2, 0) is 14.2 Å². The number of aliphatic hydroxyl groups is 2. The van der Waals surface area contributed by atoms with Crippen LogP contribution in [0.5, 0.6) is 0 Å². The second-order valence-corrected chi connectivity index (χ2v) is 5.22. The van der Waals surface area contributed by atoms with Gasteiger partial charge in [0.1, 0.15) is 18.3 Å². The molecule has 0 spiro atoms. The first kappa shape index (κ1) is 13.8. The monoisotopic (exact) mass is 256 g/mol. The van der Waals surface area contributed by atoms with E-state index in [-0.39, 0.29) is 6.10 Å². The molecule has 5 atom stereocenters. The van der Waals surface area contributed by atoms with E-state index in [2.05, 4.69) is 11.8 Å². The lowest BCUT2D eigenvalue weighted by atomic mass is 10.1. The van der Waals surface area contributed by atoms with E-state index >= 15 is 0 Å². The number of fused-ring (bicyclic) bond motifs is 1. The molecule has 2 aliphatic rings. The number of rotatable bonds is 2. The molecule has 0 unspecified atom stereocenters. The van der Waals surface area contributed by atoms with Crippen LogP contribution in [-0.4, -0.2) is 46.7 Å². The molecule has 0 aliphatic carbocycles. The second-order valence-electron chi connectivity index (χ2n) is 5.22. The van der Waals surface area contributed by atoms with Gasteiger partial charge in [-0.2, -0.15) is 0 Å². The fourth-order valence-electron chi connectivity index (χ4n) is 2.06. The Bertz CT molecular complexity index is 354. The zero-order chi connectivity index (χ0) is 13.3. The number of hydrogen-bond acceptors (Lipinski definition) is 5. The van der Waals surface area contributed by atoms with Crippen LogP contribution in [0.2, 0.25) is 0 Å². The summed E-state index contributed by atoms with van der Waals surface area (Å²) in [4.78, 5) is 0. The fourth-order valence-corrected chi connectivity index (χ4v) is 2.06. The van der Waals surface area contributed by atoms with Crippen molar-refractivity contribution in [2.24, 2.45) is 0 Å². The Morgan fingerprint density at radius 2 is 2.06 bits per heavy atom. The molecule has 0 amide bonds. The van der Waals surface area contributed by atoms with Crippen LogP contribution in [0, 0.1) is 11.8 Å². The van der Waals surface area contributed by atoms with Gasteiger partial charge >= 0.3 is 0 Å². The van der Waals surface area contributed by atoms with E-state index < -0.39 is 30.4 Å². The number of aliphatic hydroxyl groups excluding tert-OH is 2. The van der Waals surface area contributed by atoms with E-state index in [1.807, 2.05) is 0 Å². The molecule has 2 fully saturated rings. The first-order valence-electron chi connectivity index (χ1n) is 6.25. The topological polar surface area (TPSA) is 68.2 Å². The van der Waals surface area contributed by atoms with Crippen molar-refractivity contribution in [1.29, 1.82) is 0 Å². The Morgan fingerprint density at radius 3 is 2.67 bits per heavy atom. The Kier molecular flexibility index (Phi) is 3.95. The van der Waals surface area contributed by atoms with E-state index in [1.165, 1.54) is 0 Å². The smallest absolute Gasteiger partial charge is 0.191 e. The minimum absolute atomic E-state index is 0.361. The highest BCUT2D eigenvalue weighted by atomic mass is 16.8. The molecule has 0 aromatic heterocycles. The molecule has 0 bridgehead atoms. The van der Waals surface area contributed by atoms with Gasteiger partial charge in [0.25, 0.3) is 0 Å². The summed E-state index contributed by atoms with van der Waals surface area (Å²) in [6.07, 6.45) is -1.57. The molecule has 2 rings (SSSR count). The molecule has 18 heavy (non-hydrogen) atoms. The maximum Gasteiger partial charge on any atom is 0.191 e. The molecule has 0 radical (unpaired) electrons. The summed E-state index contributed by atoms with van der Waals surface area (Å²) in [5.41, 5.74) is 0. The quantitative estimate of drug-likeness (QED) is 0.699. The zero-order valence-corrected chi connectivity index (χ0v) is 10.9. The SMILES string of the molecule is C[C@H](O)CCC#C[C@H]1O[C@@H]2OC(C)(C)O[C@@H]2[C@H]1O. The van der Waals surface area contributed by atoms with Crippen molar-refractivity contribution >= 4 is 0 Å². The molecular weight excluding hydrogens is 236 g/mol. The van der Waals surface area contributed by atoms with Gasteiger partial charge in [-0.3, -0.25) is 0 Å². The Labute approximate surface area is 107 Å². The van der Waals surface area contributed by atoms with E-state index in [1.54, 1.807) is 20.8 Å². The van der Waals surface area contributed by atoms with Crippen LogP contribution in [0.1, 0.15) is 33.6 Å². The largest absolute Gasteiger partial charge is 0.393 e. The van der Waals surface area contributed by atoms with Crippen LogP contribution in [0.4, 0.5) is 0 Å². The lowest BCUT2D eigenvalue weighted by Crippen LogP contribution is -2.33. The third kappa shape index (κ3) is 3.02. The summed E-state index contributed by atoms with van der Waals surface area (Å²) in [5.74, 6) is 5.02. The minimum atomic E-state index is -0.796. The normalized spacial score (nSPS) is 38.9. The van der Waals surface area contributed by atoms with Crippen molar-refractivity contribution in [3.63, 3.8) is 0 Å². The van der Waals surface area contributed by atoms with E-state index in [0.717, 1.165) is 0 Å². The lowest BCUT2D eigenvalue weighted by Gasteiger charge is -2.20. The van der Waals surface area contributed by atoms with Gasteiger partial charge in [0, 0.05) is 6.42 Å². The van der Waals surface area contributed by atoms with E-state index in [4.69, 9.17) is 19.3 Å². The van der Waals surface area contributed by atoms with Crippen molar-refractivity contribution in [2.45, 2.75) is 70.1 Å². The number of hydrogen-bond donors (Lipinski definition) is 2. The minimum Gasteiger partial charge on any atom is -0.393 e. The van der Waals surface area contributed by atoms with Crippen molar-refractivity contribution in [2.75, 3.05) is 0 Å². The second kappa shape index (κ2) is 5.16. The molecular formula is C13H20O5. The van der Waals surface area contributed by atoms with Crippen LogP contribution < -0.4 is 0 Å². The molecule has 0 saturated carbocycles. The highest BCUT2D eigenvalue weighted by molar-refractivity contribution is 5.12. The fraction of sp³-hybridized carbons (Fsp3) is 0.846. The molecule has 2 N–H and O–H groups in total. The van der Waals surface area contributed by atoms with Gasteiger partial charge in [-0.05, 0) is 27.2 Å². The lowest BCUT2D eigenvalue weighted by molar-refractivity contribution is -0.208. The molecule has 0 aromatic carbocycles. The summed E-state index contributed by atoms with van der Waals surface area (Å²) in [6, 6.07) is 0. The van der Waals surface area contributed by atoms with E-state index in [9.17, 15) is 5.11 Å². The highest BCUT2D eigenvalue weighted by Crippen LogP contribution is 2.37. The van der Waals surface area contributed by atoms with Crippen molar-refractivity contribution in [3.05, 3.63) is 0 Å². The van der Waals surface area contributed by atoms with Gasteiger partial charge in [0.15, 0.2) is 12.1 Å². The maximum atomic E-state index is 10.0. The van der Waals surface area contributed by atoms with Gasteiger partial charge < -0.3 is 24.4 Å². The molecule has 102 valence electrons. The molecule has 2 heterocycles. The average Bonchev–Trinajstić information content (AvgIpc) is 2.69. The summed E-state index contributed by atoms with van der Waals surface area (Å²) in [7, 11) is 0. The van der Waals surface area contributed by atoms with Gasteiger partial charge in [-0.25, -0.2) is 0 Å². The Balaban J connectivity index is 1.88. The van der Waals surface area contributed by atoms with Gasteiger partial charge in [0.2, 0.25) is 0 Å². The number of ether oxygens (including phenoxy) is 3. The summed E-state index contributed by atoms with van der Waals surface area (Å²) < 4.78 is 16.6. The van der Waals surface area contributed by atoms with Crippen LogP contribution in [0.3, 0.4) is 0 Å². The van der Waals surface area contributed by atoms with Crippen molar-refractivity contribution in [3.8, 4) is 11.8 Å². The molecule has 0 aromatic rings. The first-order valence-corrected chi connectivity index (χ1v) is 6.25. The van der Waals surface area contributed by atoms with E-state index in [0.29, 0.717) is 12.8 Å². The Morgan fingerprint density at radius 1 is 1.33 bits per heavy atom. The zero-order valence-electron chi connectivity index (χ0n) is 10.9. The van der Waals surface area contributed by atoms with Crippen LogP contribution in [0.15, 0.2) is 0 Å². The van der Waals surface area contributed by atoms with Gasteiger partial charge in [-0.15, -0.1) is 5.92 Å². The first-order chi connectivity index (χ1) is 8.39. The average molecular weight is 256 g/mol. The molecule has 2 aliphatic heterocycles. The molecule has 2 saturated heterocycles. The summed E-state index contributed by atoms with van der Waals surface area (Å²) in [5, 5.41) is 19.1. The molecule has 5 nitrogen and oxygen atoms in total. The predicted octanol–water partition coefficient (Wildman–Crippen LogP) is 0.388. The van der Waals surface area contributed by atoms with Crippen molar-refractivity contribution < 1.29 is 24.4 Å². The predicted molar refractivity (Wildman–Crippen MR) is 63.4 cm³/mol. The molecule has 5 heteroatoms. The van der Waals surface area contributed by atoms with Crippen LogP contribution >= 0.6 is 0 Å². The standard InChI is InChI=1S/C13H20O5/c1-8(14)6-4-5-7-9-10(15)11-12(16-9)18-13(2,3)17-11/h8-12,14-15H,4,6H2,1-3H3/t8-,9+,10-,11+,12+/m0/s1. The third-order valence-corrected chi connectivity index (χ3v) is 2.95. The highest BCUT2D eigenvalue weighted by Gasteiger charge is 2.53. The van der Waals surface area contributed by atoms with Crippen molar-refractivity contribution in [1.82, 2.24) is 0 Å². The summed E-state index contributed by atoms with van der Waals surface area (Å²) in [6.45, 7) is 5.28. The van der Waals surface area contributed by atoms with Gasteiger partial charge in [-0.1, -0.05) is 5.92 Å². The van der Waals surface area contributed by atoms with Crippen LogP contribution in [0.25, 0.3) is 0 Å². The third-order valence-electron chi connectivity index (χ3n) is 2.95. The Hall–Kier alpha value is -0.640. The maximum absolute atomic E-state index is 10.0.